The second-order valence-electron chi connectivity index (χ2n) is 4.41. The molecular formula is C15H12BrN3O. The second-order valence-corrected chi connectivity index (χ2v) is 5.32. The first-order valence-electron chi connectivity index (χ1n) is 6.17. The summed E-state index contributed by atoms with van der Waals surface area (Å²) in [5.74, 6) is 0.805. The first-order chi connectivity index (χ1) is 9.72. The molecule has 0 saturated carbocycles. The molecule has 0 fully saturated rings. The maximum Gasteiger partial charge on any atom is 0.132 e. The van der Waals surface area contributed by atoms with Crippen molar-refractivity contribution in [2.45, 2.75) is 13.5 Å². The van der Waals surface area contributed by atoms with Crippen LogP contribution in [0.3, 0.4) is 0 Å². The van der Waals surface area contributed by atoms with E-state index in [1.165, 1.54) is 0 Å². The van der Waals surface area contributed by atoms with Gasteiger partial charge in [0.15, 0.2) is 0 Å². The first-order valence-corrected chi connectivity index (χ1v) is 6.96. The van der Waals surface area contributed by atoms with Crippen LogP contribution in [-0.2, 0) is 6.61 Å². The molecule has 0 aliphatic heterocycles. The second kappa shape index (κ2) is 5.54. The van der Waals surface area contributed by atoms with E-state index in [1.54, 1.807) is 18.6 Å². The molecule has 0 amide bonds. The van der Waals surface area contributed by atoms with Gasteiger partial charge in [-0.1, -0.05) is 15.9 Å². The summed E-state index contributed by atoms with van der Waals surface area (Å²) < 4.78 is 6.88. The van der Waals surface area contributed by atoms with Crippen LogP contribution in [0.2, 0.25) is 0 Å². The molecule has 2 heterocycles. The van der Waals surface area contributed by atoms with E-state index in [0.29, 0.717) is 6.61 Å². The van der Waals surface area contributed by atoms with Gasteiger partial charge in [-0.05, 0) is 25.1 Å². The summed E-state index contributed by atoms with van der Waals surface area (Å²) in [7, 11) is 0. The molecule has 20 heavy (non-hydrogen) atoms. The van der Waals surface area contributed by atoms with Crippen LogP contribution in [0.1, 0.15) is 11.4 Å². The number of halogens is 1. The summed E-state index contributed by atoms with van der Waals surface area (Å²) in [6, 6.07) is 7.89. The largest absolute Gasteiger partial charge is 0.486 e. The molecule has 0 aliphatic carbocycles. The van der Waals surface area contributed by atoms with Gasteiger partial charge in [0.25, 0.3) is 0 Å². The summed E-state index contributed by atoms with van der Waals surface area (Å²) >= 11 is 3.48. The molecule has 100 valence electrons. The van der Waals surface area contributed by atoms with E-state index in [-0.39, 0.29) is 0 Å². The third-order valence-corrected chi connectivity index (χ3v) is 3.35. The molecule has 3 rings (SSSR count). The van der Waals surface area contributed by atoms with Gasteiger partial charge in [-0.25, -0.2) is 0 Å². The Labute approximate surface area is 125 Å². The molecule has 0 saturated heterocycles. The Kier molecular flexibility index (Phi) is 3.60. The smallest absolute Gasteiger partial charge is 0.132 e. The Hall–Kier alpha value is -2.01. The molecule has 0 atom stereocenters. The molecule has 5 heteroatoms. The monoisotopic (exact) mass is 329 g/mol. The van der Waals surface area contributed by atoms with Crippen LogP contribution in [0.5, 0.6) is 5.75 Å². The van der Waals surface area contributed by atoms with E-state index in [0.717, 1.165) is 32.5 Å². The minimum atomic E-state index is 0.388. The summed E-state index contributed by atoms with van der Waals surface area (Å²) in [5, 5.41) is 0.980. The Morgan fingerprint density at radius 1 is 1.20 bits per heavy atom. The van der Waals surface area contributed by atoms with Gasteiger partial charge in [-0.15, -0.1) is 0 Å². The van der Waals surface area contributed by atoms with Crippen LogP contribution in [0, 0.1) is 6.92 Å². The lowest BCUT2D eigenvalue weighted by Crippen LogP contribution is -2.00. The number of aryl methyl sites for hydroxylation is 1. The van der Waals surface area contributed by atoms with Gasteiger partial charge in [-0.3, -0.25) is 15.0 Å². The third kappa shape index (κ3) is 2.77. The number of aromatic nitrogens is 3. The van der Waals surface area contributed by atoms with Crippen LogP contribution in [0.4, 0.5) is 0 Å². The van der Waals surface area contributed by atoms with E-state index in [1.807, 2.05) is 31.2 Å². The maximum absolute atomic E-state index is 5.88. The number of hydrogen-bond donors (Lipinski definition) is 0. The van der Waals surface area contributed by atoms with Crippen molar-refractivity contribution in [3.8, 4) is 5.75 Å². The Bertz CT molecular complexity index is 747. The fraction of sp³-hybridized carbons (Fsp3) is 0.133. The highest BCUT2D eigenvalue weighted by Crippen LogP contribution is 2.28. The average Bonchev–Trinajstić information content (AvgIpc) is 2.46. The van der Waals surface area contributed by atoms with E-state index >= 15 is 0 Å². The topological polar surface area (TPSA) is 47.9 Å². The van der Waals surface area contributed by atoms with Crippen molar-refractivity contribution in [3.05, 3.63) is 58.7 Å². The molecular weight excluding hydrogens is 318 g/mol. The van der Waals surface area contributed by atoms with E-state index in [2.05, 4.69) is 30.9 Å². The van der Waals surface area contributed by atoms with Crippen LogP contribution in [-0.4, -0.2) is 15.0 Å². The van der Waals surface area contributed by atoms with Crippen LogP contribution in [0.25, 0.3) is 10.9 Å². The molecule has 4 nitrogen and oxygen atoms in total. The normalized spacial score (nSPS) is 10.7. The Balaban J connectivity index is 1.96. The van der Waals surface area contributed by atoms with Gasteiger partial charge in [0.2, 0.25) is 0 Å². The lowest BCUT2D eigenvalue weighted by molar-refractivity contribution is 0.304. The number of pyridine rings is 1. The van der Waals surface area contributed by atoms with Crippen LogP contribution in [0.15, 0.2) is 47.3 Å². The van der Waals surface area contributed by atoms with Crippen molar-refractivity contribution < 1.29 is 4.74 Å². The number of benzene rings is 1. The average molecular weight is 330 g/mol. The molecule has 0 unspecified atom stereocenters. The number of ether oxygens (including phenoxy) is 1. The first kappa shape index (κ1) is 13.0. The van der Waals surface area contributed by atoms with E-state index in [4.69, 9.17) is 4.74 Å². The molecule has 1 aromatic carbocycles. The molecule has 0 N–H and O–H groups in total. The number of fused-ring (bicyclic) bond motifs is 1. The number of rotatable bonds is 3. The van der Waals surface area contributed by atoms with Gasteiger partial charge in [0, 0.05) is 34.0 Å². The summed E-state index contributed by atoms with van der Waals surface area (Å²) in [5.41, 5.74) is 2.64. The van der Waals surface area contributed by atoms with Crippen LogP contribution < -0.4 is 4.74 Å². The van der Waals surface area contributed by atoms with Crippen molar-refractivity contribution >= 4 is 26.8 Å². The van der Waals surface area contributed by atoms with Crippen molar-refractivity contribution in [3.63, 3.8) is 0 Å². The van der Waals surface area contributed by atoms with E-state index in [9.17, 15) is 0 Å². The lowest BCUT2D eigenvalue weighted by Gasteiger charge is -2.10. The van der Waals surface area contributed by atoms with Gasteiger partial charge < -0.3 is 4.74 Å². The summed E-state index contributed by atoms with van der Waals surface area (Å²) in [6.07, 6.45) is 5.00. The molecule has 0 aliphatic rings. The SMILES string of the molecule is Cc1cc(OCc2cnccn2)c2cc(Br)ccc2n1. The third-order valence-electron chi connectivity index (χ3n) is 2.85. The zero-order valence-electron chi connectivity index (χ0n) is 10.9. The highest BCUT2D eigenvalue weighted by molar-refractivity contribution is 9.10. The summed E-state index contributed by atoms with van der Waals surface area (Å²) in [4.78, 5) is 12.7. The molecule has 0 spiro atoms. The quantitative estimate of drug-likeness (QED) is 0.735. The Morgan fingerprint density at radius 2 is 2.10 bits per heavy atom. The van der Waals surface area contributed by atoms with Crippen molar-refractivity contribution in [1.29, 1.82) is 0 Å². The standard InChI is InChI=1S/C15H12BrN3O/c1-10-6-15(20-9-12-8-17-4-5-18-12)13-7-11(16)2-3-14(13)19-10/h2-8H,9H2,1H3. The molecule has 2 aromatic heterocycles. The highest BCUT2D eigenvalue weighted by Gasteiger charge is 2.06. The lowest BCUT2D eigenvalue weighted by atomic mass is 10.2. The van der Waals surface area contributed by atoms with Crippen molar-refractivity contribution in [2.75, 3.05) is 0 Å². The zero-order valence-corrected chi connectivity index (χ0v) is 12.5. The molecule has 0 radical (unpaired) electrons. The minimum absolute atomic E-state index is 0.388. The van der Waals surface area contributed by atoms with Gasteiger partial charge >= 0.3 is 0 Å². The van der Waals surface area contributed by atoms with Crippen LogP contribution >= 0.6 is 15.9 Å². The molecule has 3 aromatic rings. The number of hydrogen-bond acceptors (Lipinski definition) is 4. The number of nitrogens with zero attached hydrogens (tertiary/aromatic N) is 3. The predicted molar refractivity (Wildman–Crippen MR) is 80.5 cm³/mol. The summed E-state index contributed by atoms with van der Waals surface area (Å²) in [6.45, 7) is 2.34. The van der Waals surface area contributed by atoms with Gasteiger partial charge in [0.1, 0.15) is 12.4 Å². The Morgan fingerprint density at radius 3 is 2.90 bits per heavy atom. The van der Waals surface area contributed by atoms with Gasteiger partial charge in [0.05, 0.1) is 17.4 Å². The van der Waals surface area contributed by atoms with E-state index < -0.39 is 0 Å². The highest BCUT2D eigenvalue weighted by atomic mass is 79.9. The van der Waals surface area contributed by atoms with Crippen molar-refractivity contribution in [2.24, 2.45) is 0 Å². The minimum Gasteiger partial charge on any atom is -0.486 e. The van der Waals surface area contributed by atoms with Crippen molar-refractivity contribution in [1.82, 2.24) is 15.0 Å². The van der Waals surface area contributed by atoms with Gasteiger partial charge in [-0.2, -0.15) is 0 Å². The predicted octanol–water partition coefficient (Wildman–Crippen LogP) is 3.67. The zero-order chi connectivity index (χ0) is 13.9. The molecule has 0 bridgehead atoms. The fourth-order valence-corrected chi connectivity index (χ4v) is 2.33. The fourth-order valence-electron chi connectivity index (χ4n) is 1.97. The maximum atomic E-state index is 5.88.